The first-order chi connectivity index (χ1) is 24.3. The molecule has 0 fully saturated rings. The predicted molar refractivity (Wildman–Crippen MR) is 208 cm³/mol. The van der Waals surface area contributed by atoms with Gasteiger partial charge in [-0.2, -0.15) is 0 Å². The smallest absolute Gasteiger partial charge is 0.0788 e. The Kier molecular flexibility index (Phi) is 7.18. The zero-order valence-electron chi connectivity index (χ0n) is 26.9. The van der Waals surface area contributed by atoms with Gasteiger partial charge in [0.1, 0.15) is 0 Å². The van der Waals surface area contributed by atoms with Gasteiger partial charge < -0.3 is 4.90 Å². The summed E-state index contributed by atoms with van der Waals surface area (Å²) in [5.41, 5.74) is 11.0. The molecule has 0 aliphatic carbocycles. The van der Waals surface area contributed by atoms with Crippen molar-refractivity contribution in [2.24, 2.45) is 0 Å². The van der Waals surface area contributed by atoms with Crippen molar-refractivity contribution in [3.63, 3.8) is 0 Å². The fraction of sp³-hybridized carbons (Fsp3) is 0. The third kappa shape index (κ3) is 5.50. The molecule has 0 saturated heterocycles. The molecule has 2 nitrogen and oxygen atoms in total. The first-order valence-electron chi connectivity index (χ1n) is 16.7. The van der Waals surface area contributed by atoms with Gasteiger partial charge >= 0.3 is 0 Å². The molecule has 0 N–H and O–H groups in total. The number of benzene rings is 8. The van der Waals surface area contributed by atoms with Crippen molar-refractivity contribution in [3.8, 4) is 33.5 Å². The molecule has 0 spiro atoms. The number of pyridine rings is 1. The van der Waals surface area contributed by atoms with E-state index in [-0.39, 0.29) is 0 Å². The second-order valence-electron chi connectivity index (χ2n) is 12.5. The average molecular weight is 625 g/mol. The van der Waals surface area contributed by atoms with Crippen LogP contribution in [0.15, 0.2) is 194 Å². The summed E-state index contributed by atoms with van der Waals surface area (Å²) in [5, 5.41) is 6.00. The Morgan fingerprint density at radius 1 is 0.306 bits per heavy atom. The molecule has 0 radical (unpaired) electrons. The molecule has 9 rings (SSSR count). The number of hydrogen-bond donors (Lipinski definition) is 0. The minimum absolute atomic E-state index is 0.986. The second kappa shape index (κ2) is 12.3. The molecule has 0 amide bonds. The van der Waals surface area contributed by atoms with Crippen LogP contribution < -0.4 is 4.90 Å². The van der Waals surface area contributed by atoms with Crippen LogP contribution in [0.3, 0.4) is 0 Å². The highest BCUT2D eigenvalue weighted by Gasteiger charge is 2.16. The monoisotopic (exact) mass is 624 g/mol. The largest absolute Gasteiger partial charge is 0.310 e. The van der Waals surface area contributed by atoms with Crippen LogP contribution in [0.5, 0.6) is 0 Å². The van der Waals surface area contributed by atoms with Crippen molar-refractivity contribution >= 4 is 49.5 Å². The van der Waals surface area contributed by atoms with Gasteiger partial charge in [-0.1, -0.05) is 140 Å². The summed E-state index contributed by atoms with van der Waals surface area (Å²) in [6, 6.07) is 69.4. The molecule has 0 atom stereocenters. The van der Waals surface area contributed by atoms with Crippen molar-refractivity contribution in [3.05, 3.63) is 194 Å². The summed E-state index contributed by atoms with van der Waals surface area (Å²) in [7, 11) is 0. The molecule has 0 unspecified atom stereocenters. The highest BCUT2D eigenvalue weighted by atomic mass is 15.1. The van der Waals surface area contributed by atoms with E-state index < -0.39 is 0 Å². The van der Waals surface area contributed by atoms with E-state index in [1.165, 1.54) is 32.7 Å². The Hall–Kier alpha value is -6.51. The first kappa shape index (κ1) is 28.7. The maximum absolute atomic E-state index is 5.23. The summed E-state index contributed by atoms with van der Waals surface area (Å²) >= 11 is 0. The molecule has 0 saturated carbocycles. The van der Waals surface area contributed by atoms with Gasteiger partial charge in [-0.25, -0.2) is 4.98 Å². The van der Waals surface area contributed by atoms with Gasteiger partial charge in [0.25, 0.3) is 0 Å². The van der Waals surface area contributed by atoms with Crippen LogP contribution in [0.25, 0.3) is 66.0 Å². The van der Waals surface area contributed by atoms with Gasteiger partial charge in [0.2, 0.25) is 0 Å². The lowest BCUT2D eigenvalue weighted by Gasteiger charge is -2.26. The predicted octanol–water partition coefficient (Wildman–Crippen LogP) is 13.0. The zero-order valence-corrected chi connectivity index (χ0v) is 26.9. The summed E-state index contributed by atoms with van der Waals surface area (Å²) in [6.45, 7) is 0. The third-order valence-electron chi connectivity index (χ3n) is 9.41. The standard InChI is InChI=1S/C47H32N2/c1-2-10-33(11-3-1)36-20-25-42(26-21-36)49(44-29-22-35-13-5-7-15-39(35)31-44)43-27-23-37(24-28-43)45-32-40-16-8-9-17-46(40)48-47(45)41-19-18-34-12-4-6-14-38(34)30-41/h1-32H. The molecule has 230 valence electrons. The van der Waals surface area contributed by atoms with Gasteiger partial charge in [-0.15, -0.1) is 0 Å². The molecular formula is C47H32N2. The number of nitrogens with zero attached hydrogens (tertiary/aromatic N) is 2. The molecule has 2 heteroatoms. The Bertz CT molecular complexity index is 2590. The number of fused-ring (bicyclic) bond motifs is 3. The van der Waals surface area contributed by atoms with Gasteiger partial charge in [-0.3, -0.25) is 0 Å². The van der Waals surface area contributed by atoms with E-state index in [9.17, 15) is 0 Å². The van der Waals surface area contributed by atoms with E-state index in [1.54, 1.807) is 0 Å². The molecule has 0 aliphatic rings. The van der Waals surface area contributed by atoms with E-state index in [2.05, 4.69) is 199 Å². The SMILES string of the molecule is c1ccc(-c2ccc(N(c3ccc(-c4cc5ccccc5nc4-c4ccc5ccccc5c4)cc3)c3ccc4ccccc4c3)cc2)cc1. The molecule has 0 aliphatic heterocycles. The molecule has 8 aromatic carbocycles. The van der Waals surface area contributed by atoms with Crippen molar-refractivity contribution in [2.75, 3.05) is 4.90 Å². The number of aromatic nitrogens is 1. The first-order valence-corrected chi connectivity index (χ1v) is 16.7. The van der Waals surface area contributed by atoms with Gasteiger partial charge in [0, 0.05) is 33.6 Å². The average Bonchev–Trinajstić information content (AvgIpc) is 3.18. The van der Waals surface area contributed by atoms with Crippen LogP contribution in [0.2, 0.25) is 0 Å². The van der Waals surface area contributed by atoms with Gasteiger partial charge in [-0.05, 0) is 92.8 Å². The molecule has 1 heterocycles. The van der Waals surface area contributed by atoms with Gasteiger partial charge in [0.05, 0.1) is 11.2 Å². The van der Waals surface area contributed by atoms with Crippen molar-refractivity contribution in [1.82, 2.24) is 4.98 Å². The minimum Gasteiger partial charge on any atom is -0.310 e. The summed E-state index contributed by atoms with van der Waals surface area (Å²) in [5.74, 6) is 0. The molecular weight excluding hydrogens is 593 g/mol. The Balaban J connectivity index is 1.16. The second-order valence-corrected chi connectivity index (χ2v) is 12.5. The summed E-state index contributed by atoms with van der Waals surface area (Å²) < 4.78 is 0. The lowest BCUT2D eigenvalue weighted by atomic mass is 9.95. The fourth-order valence-electron chi connectivity index (χ4n) is 6.88. The molecule has 9 aromatic rings. The van der Waals surface area contributed by atoms with Crippen LogP contribution in [0, 0.1) is 0 Å². The summed E-state index contributed by atoms with van der Waals surface area (Å²) in [6.07, 6.45) is 0. The number of anilines is 3. The van der Waals surface area contributed by atoms with E-state index in [4.69, 9.17) is 4.98 Å². The normalized spacial score (nSPS) is 11.3. The van der Waals surface area contributed by atoms with Crippen LogP contribution in [-0.4, -0.2) is 4.98 Å². The van der Waals surface area contributed by atoms with Crippen molar-refractivity contribution in [2.45, 2.75) is 0 Å². The molecule has 49 heavy (non-hydrogen) atoms. The van der Waals surface area contributed by atoms with E-state index in [1.807, 2.05) is 0 Å². The van der Waals surface area contributed by atoms with E-state index in [0.717, 1.165) is 50.3 Å². The summed E-state index contributed by atoms with van der Waals surface area (Å²) in [4.78, 5) is 7.57. The minimum atomic E-state index is 0.986. The maximum atomic E-state index is 5.23. The Labute approximate surface area is 286 Å². The zero-order chi connectivity index (χ0) is 32.6. The number of para-hydroxylation sites is 1. The van der Waals surface area contributed by atoms with E-state index >= 15 is 0 Å². The highest BCUT2D eigenvalue weighted by Crippen LogP contribution is 2.40. The lowest BCUT2D eigenvalue weighted by Crippen LogP contribution is -2.09. The quantitative estimate of drug-likeness (QED) is 0.183. The number of rotatable bonds is 6. The topological polar surface area (TPSA) is 16.1 Å². The van der Waals surface area contributed by atoms with Crippen LogP contribution in [-0.2, 0) is 0 Å². The number of hydrogen-bond acceptors (Lipinski definition) is 2. The van der Waals surface area contributed by atoms with Crippen LogP contribution in [0.4, 0.5) is 17.1 Å². The molecule has 0 bridgehead atoms. The van der Waals surface area contributed by atoms with Crippen molar-refractivity contribution < 1.29 is 0 Å². The fourth-order valence-corrected chi connectivity index (χ4v) is 6.88. The Morgan fingerprint density at radius 3 is 1.49 bits per heavy atom. The van der Waals surface area contributed by atoms with Crippen LogP contribution in [0.1, 0.15) is 0 Å². The Morgan fingerprint density at radius 2 is 0.796 bits per heavy atom. The maximum Gasteiger partial charge on any atom is 0.0788 e. The lowest BCUT2D eigenvalue weighted by molar-refractivity contribution is 1.29. The third-order valence-corrected chi connectivity index (χ3v) is 9.41. The van der Waals surface area contributed by atoms with Gasteiger partial charge in [0.15, 0.2) is 0 Å². The molecule has 1 aromatic heterocycles. The van der Waals surface area contributed by atoms with E-state index in [0.29, 0.717) is 0 Å². The highest BCUT2D eigenvalue weighted by molar-refractivity contribution is 5.95. The van der Waals surface area contributed by atoms with Crippen LogP contribution >= 0.6 is 0 Å². The van der Waals surface area contributed by atoms with Crippen molar-refractivity contribution in [1.29, 1.82) is 0 Å².